The molecule has 1 aliphatic carbocycles. The van der Waals surface area contributed by atoms with Crippen molar-refractivity contribution in [3.63, 3.8) is 0 Å². The molecule has 2 unspecified atom stereocenters. The summed E-state index contributed by atoms with van der Waals surface area (Å²) in [5, 5.41) is 0. The summed E-state index contributed by atoms with van der Waals surface area (Å²) in [6, 6.07) is 0. The maximum absolute atomic E-state index is 12.0. The van der Waals surface area contributed by atoms with E-state index in [-0.39, 0.29) is 4.32 Å². The Morgan fingerprint density at radius 2 is 2.21 bits per heavy atom. The fourth-order valence-corrected chi connectivity index (χ4v) is 3.47. The van der Waals surface area contributed by atoms with Crippen LogP contribution < -0.4 is 0 Å². The predicted octanol–water partition coefficient (Wildman–Crippen LogP) is 4.22. The zero-order valence-electron chi connectivity index (χ0n) is 8.69. The van der Waals surface area contributed by atoms with Crippen molar-refractivity contribution in [3.05, 3.63) is 0 Å². The average molecular weight is 326 g/mol. The van der Waals surface area contributed by atoms with Crippen LogP contribution in [0.3, 0.4) is 0 Å². The van der Waals surface area contributed by atoms with E-state index in [4.69, 9.17) is 0 Å². The lowest BCUT2D eigenvalue weighted by molar-refractivity contribution is -0.121. The molecule has 0 aromatic heterocycles. The van der Waals surface area contributed by atoms with Crippen LogP contribution in [-0.4, -0.2) is 14.9 Å². The Kier molecular flexibility index (Phi) is 5.12. The minimum absolute atomic E-state index is 0.263. The highest BCUT2D eigenvalue weighted by Gasteiger charge is 2.42. The third-order valence-electron chi connectivity index (χ3n) is 2.97. The summed E-state index contributed by atoms with van der Waals surface area (Å²) in [6.45, 7) is 2.13. The van der Waals surface area contributed by atoms with Crippen LogP contribution in [0.5, 0.6) is 0 Å². The highest BCUT2D eigenvalue weighted by molar-refractivity contribution is 9.12. The van der Waals surface area contributed by atoms with E-state index in [1.807, 2.05) is 0 Å². The van der Waals surface area contributed by atoms with E-state index in [2.05, 4.69) is 38.8 Å². The molecule has 0 heterocycles. The van der Waals surface area contributed by atoms with E-state index < -0.39 is 0 Å². The Morgan fingerprint density at radius 1 is 1.50 bits per heavy atom. The first-order chi connectivity index (χ1) is 6.61. The van der Waals surface area contributed by atoms with Crippen LogP contribution in [0.1, 0.15) is 51.9 Å². The lowest BCUT2D eigenvalue weighted by Crippen LogP contribution is -2.43. The largest absolute Gasteiger partial charge is 0.298 e. The maximum atomic E-state index is 12.0. The zero-order valence-corrected chi connectivity index (χ0v) is 11.9. The molecule has 0 spiro atoms. The second kappa shape index (κ2) is 5.64. The van der Waals surface area contributed by atoms with Gasteiger partial charge in [0.25, 0.3) is 0 Å². The molecule has 1 nitrogen and oxygen atoms in total. The van der Waals surface area contributed by atoms with Gasteiger partial charge in [-0.2, -0.15) is 0 Å². The second-order valence-electron chi connectivity index (χ2n) is 4.10. The monoisotopic (exact) mass is 324 g/mol. The first-order valence-electron chi connectivity index (χ1n) is 5.47. The summed E-state index contributed by atoms with van der Waals surface area (Å²) >= 11 is 7.30. The van der Waals surface area contributed by atoms with Crippen molar-refractivity contribution in [1.29, 1.82) is 0 Å². The molecular formula is C11H18Br2O. The standard InChI is InChI=1S/C11H18Br2O/c1-2-3-7-10(14)11(13)8-5-4-6-9(11)12/h9H,2-8H2,1H3. The highest BCUT2D eigenvalue weighted by Crippen LogP contribution is 2.42. The molecule has 0 aromatic rings. The van der Waals surface area contributed by atoms with Gasteiger partial charge >= 0.3 is 0 Å². The van der Waals surface area contributed by atoms with Gasteiger partial charge in [-0.3, -0.25) is 4.79 Å². The molecule has 0 saturated heterocycles. The lowest BCUT2D eigenvalue weighted by Gasteiger charge is -2.35. The number of ketones is 1. The van der Waals surface area contributed by atoms with Gasteiger partial charge in [0.2, 0.25) is 0 Å². The molecule has 82 valence electrons. The number of carbonyl (C=O) groups is 1. The Labute approximate surface area is 103 Å². The quantitative estimate of drug-likeness (QED) is 0.707. The number of rotatable bonds is 4. The summed E-state index contributed by atoms with van der Waals surface area (Å²) in [5.41, 5.74) is 0. The molecule has 0 N–H and O–H groups in total. The van der Waals surface area contributed by atoms with Crippen LogP contribution in [0, 0.1) is 0 Å². The number of halogens is 2. The summed E-state index contributed by atoms with van der Waals surface area (Å²) in [7, 11) is 0. The molecule has 0 aliphatic heterocycles. The summed E-state index contributed by atoms with van der Waals surface area (Å²) in [6.07, 6.45) is 7.36. The molecule has 0 bridgehead atoms. The van der Waals surface area contributed by atoms with Crippen LogP contribution in [0.25, 0.3) is 0 Å². The molecule has 3 heteroatoms. The van der Waals surface area contributed by atoms with Crippen LogP contribution >= 0.6 is 31.9 Å². The minimum atomic E-state index is -0.263. The van der Waals surface area contributed by atoms with E-state index in [0.717, 1.165) is 32.1 Å². The topological polar surface area (TPSA) is 17.1 Å². The van der Waals surface area contributed by atoms with E-state index in [9.17, 15) is 4.79 Å². The van der Waals surface area contributed by atoms with E-state index in [0.29, 0.717) is 10.6 Å². The van der Waals surface area contributed by atoms with Crippen LogP contribution in [-0.2, 0) is 4.79 Å². The van der Waals surface area contributed by atoms with Gasteiger partial charge in [0.05, 0.1) is 4.32 Å². The van der Waals surface area contributed by atoms with Gasteiger partial charge in [-0.05, 0) is 19.3 Å². The number of alkyl halides is 2. The molecule has 2 atom stereocenters. The average Bonchev–Trinajstić information content (AvgIpc) is 2.19. The van der Waals surface area contributed by atoms with Gasteiger partial charge in [0, 0.05) is 11.2 Å². The molecular weight excluding hydrogens is 308 g/mol. The van der Waals surface area contributed by atoms with Crippen molar-refractivity contribution >= 4 is 37.6 Å². The molecule has 14 heavy (non-hydrogen) atoms. The fraction of sp³-hybridized carbons (Fsp3) is 0.909. The van der Waals surface area contributed by atoms with Crippen molar-refractivity contribution in [3.8, 4) is 0 Å². The zero-order chi connectivity index (χ0) is 10.6. The summed E-state index contributed by atoms with van der Waals surface area (Å²) in [4.78, 5) is 12.3. The number of hydrogen-bond donors (Lipinski definition) is 0. The molecule has 0 aromatic carbocycles. The number of hydrogen-bond acceptors (Lipinski definition) is 1. The smallest absolute Gasteiger partial charge is 0.150 e. The van der Waals surface area contributed by atoms with Gasteiger partial charge in [0.1, 0.15) is 0 Å². The van der Waals surface area contributed by atoms with Crippen LogP contribution in [0.2, 0.25) is 0 Å². The number of unbranched alkanes of at least 4 members (excludes halogenated alkanes) is 1. The van der Waals surface area contributed by atoms with Gasteiger partial charge in [-0.1, -0.05) is 58.0 Å². The number of carbonyl (C=O) groups excluding carboxylic acids is 1. The molecule has 1 rings (SSSR count). The molecule has 1 saturated carbocycles. The third-order valence-corrected chi connectivity index (χ3v) is 6.21. The first kappa shape index (κ1) is 12.7. The van der Waals surface area contributed by atoms with Crippen molar-refractivity contribution in [1.82, 2.24) is 0 Å². The van der Waals surface area contributed by atoms with Gasteiger partial charge in [-0.25, -0.2) is 0 Å². The Morgan fingerprint density at radius 3 is 2.79 bits per heavy atom. The van der Waals surface area contributed by atoms with E-state index in [1.54, 1.807) is 0 Å². The normalized spacial score (nSPS) is 32.9. The minimum Gasteiger partial charge on any atom is -0.298 e. The van der Waals surface area contributed by atoms with E-state index in [1.165, 1.54) is 12.8 Å². The van der Waals surface area contributed by atoms with Crippen molar-refractivity contribution in [2.24, 2.45) is 0 Å². The molecule has 1 fully saturated rings. The number of Topliss-reactive ketones (excluding diaryl/α,β-unsaturated/α-hetero) is 1. The molecule has 1 aliphatic rings. The van der Waals surface area contributed by atoms with Gasteiger partial charge in [-0.15, -0.1) is 0 Å². The fourth-order valence-electron chi connectivity index (χ4n) is 1.95. The molecule has 0 radical (unpaired) electrons. The third kappa shape index (κ3) is 2.82. The first-order valence-corrected chi connectivity index (χ1v) is 7.18. The van der Waals surface area contributed by atoms with Crippen molar-refractivity contribution < 1.29 is 4.79 Å². The van der Waals surface area contributed by atoms with Gasteiger partial charge < -0.3 is 0 Å². The van der Waals surface area contributed by atoms with Crippen molar-refractivity contribution in [2.45, 2.75) is 61.0 Å². The SMILES string of the molecule is CCCCC(=O)C1(Br)CCCCC1Br. The van der Waals surface area contributed by atoms with Gasteiger partial charge in [0.15, 0.2) is 5.78 Å². The van der Waals surface area contributed by atoms with E-state index >= 15 is 0 Å². The van der Waals surface area contributed by atoms with Crippen molar-refractivity contribution in [2.75, 3.05) is 0 Å². The maximum Gasteiger partial charge on any atom is 0.150 e. The lowest BCUT2D eigenvalue weighted by atomic mass is 9.84. The Bertz CT molecular complexity index is 205. The van der Waals surface area contributed by atoms with Crippen LogP contribution in [0.4, 0.5) is 0 Å². The second-order valence-corrected chi connectivity index (χ2v) is 6.62. The van der Waals surface area contributed by atoms with Crippen LogP contribution in [0.15, 0.2) is 0 Å². The summed E-state index contributed by atoms with van der Waals surface area (Å²) in [5.74, 6) is 0.390. The molecule has 0 amide bonds. The Hall–Kier alpha value is 0.630. The Balaban J connectivity index is 2.57. The summed E-state index contributed by atoms with van der Waals surface area (Å²) < 4.78 is -0.263. The predicted molar refractivity (Wildman–Crippen MR) is 67.4 cm³/mol. The highest BCUT2D eigenvalue weighted by atomic mass is 79.9.